The van der Waals surface area contributed by atoms with Crippen LogP contribution in [-0.4, -0.2) is 26.4 Å². The normalized spacial score (nSPS) is 15.0. The van der Waals surface area contributed by atoms with Gasteiger partial charge in [0.2, 0.25) is 0 Å². The van der Waals surface area contributed by atoms with Gasteiger partial charge < -0.3 is 9.05 Å². The maximum Gasteiger partial charge on any atom is 0.482 e. The van der Waals surface area contributed by atoms with Gasteiger partial charge in [-0.05, 0) is 33.5 Å². The summed E-state index contributed by atoms with van der Waals surface area (Å²) in [6.45, 7) is 21.5. The largest absolute Gasteiger partial charge is 0.482 e. The zero-order valence-electron chi connectivity index (χ0n) is 20.6. The fourth-order valence-electron chi connectivity index (χ4n) is 1.38. The summed E-state index contributed by atoms with van der Waals surface area (Å²) in [6.07, 6.45) is 0. The van der Waals surface area contributed by atoms with Gasteiger partial charge in [0.05, 0.1) is 26.4 Å². The van der Waals surface area contributed by atoms with E-state index in [0.29, 0.717) is 13.2 Å². The summed E-state index contributed by atoms with van der Waals surface area (Å²) in [4.78, 5) is 0. The van der Waals surface area contributed by atoms with E-state index in [2.05, 4.69) is 0 Å². The van der Waals surface area contributed by atoms with Crippen molar-refractivity contribution < 1.29 is 27.0 Å². The summed E-state index contributed by atoms with van der Waals surface area (Å²) in [6, 6.07) is 0. The van der Waals surface area contributed by atoms with Gasteiger partial charge in [0.15, 0.2) is 0 Å². The lowest BCUT2D eigenvalue weighted by Crippen LogP contribution is -2.20. The third-order valence-corrected chi connectivity index (χ3v) is 7.44. The van der Waals surface area contributed by atoms with Gasteiger partial charge in [0.25, 0.3) is 0 Å². The Morgan fingerprint density at radius 1 is 0.552 bits per heavy atom. The molecule has 0 aliphatic heterocycles. The van der Waals surface area contributed by atoms with E-state index in [1.54, 1.807) is 0 Å². The molecule has 0 amide bonds. The van der Waals surface area contributed by atoms with Crippen LogP contribution in [0, 0.1) is 21.7 Å². The second-order valence-corrected chi connectivity index (χ2v) is 17.1. The van der Waals surface area contributed by atoms with Gasteiger partial charge in [-0.3, -0.25) is 9.05 Å². The van der Waals surface area contributed by atoms with Gasteiger partial charge in [-0.1, -0.05) is 83.1 Å². The first-order valence-electron chi connectivity index (χ1n) is 10.0. The summed E-state index contributed by atoms with van der Waals surface area (Å²) in [5, 5.41) is 0. The average Bonchev–Trinajstić information content (AvgIpc) is 2.45. The molecule has 0 bridgehead atoms. The lowest BCUT2D eigenvalue weighted by atomic mass is 9.99. The highest BCUT2D eigenvalue weighted by Crippen LogP contribution is 2.67. The monoisotopic (exact) mass is 474 g/mol. The topological polar surface area (TPSA) is 63.2 Å². The van der Waals surface area contributed by atoms with Crippen LogP contribution in [0.2, 0.25) is 0 Å². The molecule has 0 fully saturated rings. The van der Waals surface area contributed by atoms with Crippen LogP contribution < -0.4 is 0 Å². The Bertz CT molecular complexity index is 498. The lowest BCUT2D eigenvalue weighted by molar-refractivity contribution is 0.0719. The molecule has 0 atom stereocenters. The molecule has 0 heterocycles. The minimum atomic E-state index is -4.00. The standard InChI is InChI=1S/C20H44O6P2S/c1-17(2,3)13-22-27(21,23-14-18(4,5)6)26-28(29,24-15-19(7,8)9)25-16-20(10,11)12/h13-16H2,1-12H3. The summed E-state index contributed by atoms with van der Waals surface area (Å²) in [5.74, 6) is 0. The first kappa shape index (κ1) is 29.7. The molecular weight excluding hydrogens is 430 g/mol. The number of hydrogen-bond donors (Lipinski definition) is 0. The fourth-order valence-corrected chi connectivity index (χ4v) is 6.50. The van der Waals surface area contributed by atoms with Crippen molar-refractivity contribution in [2.75, 3.05) is 26.4 Å². The van der Waals surface area contributed by atoms with E-state index in [-0.39, 0.29) is 34.9 Å². The van der Waals surface area contributed by atoms with Crippen molar-refractivity contribution in [1.82, 2.24) is 0 Å². The van der Waals surface area contributed by atoms with Crippen LogP contribution in [0.25, 0.3) is 0 Å². The Labute approximate surface area is 184 Å². The van der Waals surface area contributed by atoms with E-state index in [4.69, 9.17) is 34.2 Å². The number of rotatable bonds is 10. The molecule has 0 aromatic heterocycles. The maximum atomic E-state index is 13.5. The van der Waals surface area contributed by atoms with Crippen molar-refractivity contribution in [2.24, 2.45) is 21.7 Å². The van der Waals surface area contributed by atoms with Crippen molar-refractivity contribution in [3.63, 3.8) is 0 Å². The molecule has 6 nitrogen and oxygen atoms in total. The molecule has 0 aliphatic rings. The van der Waals surface area contributed by atoms with Crippen molar-refractivity contribution in [3.8, 4) is 0 Å². The van der Waals surface area contributed by atoms with E-state index in [1.807, 2.05) is 83.1 Å². The Morgan fingerprint density at radius 2 is 0.793 bits per heavy atom. The van der Waals surface area contributed by atoms with E-state index in [9.17, 15) is 4.57 Å². The Morgan fingerprint density at radius 3 is 1.03 bits per heavy atom. The molecule has 9 heteroatoms. The molecule has 0 rings (SSSR count). The number of hydrogen-bond acceptors (Lipinski definition) is 7. The highest BCUT2D eigenvalue weighted by molar-refractivity contribution is 8.09. The Balaban J connectivity index is 5.67. The predicted octanol–water partition coefficient (Wildman–Crippen LogP) is 7.59. The molecule has 0 saturated heterocycles. The molecule has 29 heavy (non-hydrogen) atoms. The zero-order valence-corrected chi connectivity index (χ0v) is 23.2. The molecule has 0 aromatic carbocycles. The third-order valence-electron chi connectivity index (χ3n) is 2.82. The zero-order chi connectivity index (χ0) is 23.4. The van der Waals surface area contributed by atoms with Crippen molar-refractivity contribution in [2.45, 2.75) is 83.1 Å². The van der Waals surface area contributed by atoms with Gasteiger partial charge in [-0.15, -0.1) is 0 Å². The molecule has 0 aliphatic carbocycles. The first-order chi connectivity index (χ1) is 12.5. The average molecular weight is 475 g/mol. The minimum absolute atomic E-state index is 0.166. The van der Waals surface area contributed by atoms with Crippen LogP contribution >= 0.6 is 14.5 Å². The summed E-state index contributed by atoms with van der Waals surface area (Å²) in [7, 11) is -4.00. The quantitative estimate of drug-likeness (QED) is 0.302. The SMILES string of the molecule is CC(C)(C)COP(=O)(OCC(C)(C)C)OP(=S)(OCC(C)(C)C)OCC(C)(C)C. The Hall–Kier alpha value is 0.680. The molecule has 0 saturated carbocycles. The molecule has 0 spiro atoms. The summed E-state index contributed by atoms with van der Waals surface area (Å²) < 4.78 is 42.4. The van der Waals surface area contributed by atoms with Crippen molar-refractivity contribution >= 4 is 26.3 Å². The van der Waals surface area contributed by atoms with Gasteiger partial charge >= 0.3 is 14.5 Å². The third kappa shape index (κ3) is 17.0. The molecule has 0 unspecified atom stereocenters. The van der Waals surface area contributed by atoms with Gasteiger partial charge in [0.1, 0.15) is 0 Å². The Kier molecular flexibility index (Phi) is 10.8. The molecular formula is C20H44O6P2S. The van der Waals surface area contributed by atoms with E-state index < -0.39 is 14.5 Å². The van der Waals surface area contributed by atoms with Crippen LogP contribution in [0.3, 0.4) is 0 Å². The van der Waals surface area contributed by atoms with Crippen LogP contribution in [0.4, 0.5) is 0 Å². The van der Waals surface area contributed by atoms with Crippen molar-refractivity contribution in [1.29, 1.82) is 0 Å². The second kappa shape index (κ2) is 10.5. The van der Waals surface area contributed by atoms with E-state index in [1.165, 1.54) is 0 Å². The van der Waals surface area contributed by atoms with Crippen LogP contribution in [-0.2, 0) is 38.8 Å². The predicted molar refractivity (Wildman–Crippen MR) is 125 cm³/mol. The van der Waals surface area contributed by atoms with Crippen molar-refractivity contribution in [3.05, 3.63) is 0 Å². The maximum absolute atomic E-state index is 13.5. The van der Waals surface area contributed by atoms with Crippen LogP contribution in [0.15, 0.2) is 0 Å². The number of phosphoric ester groups is 1. The van der Waals surface area contributed by atoms with E-state index >= 15 is 0 Å². The first-order valence-corrected chi connectivity index (χ1v) is 14.0. The van der Waals surface area contributed by atoms with E-state index in [0.717, 1.165) is 0 Å². The fraction of sp³-hybridized carbons (Fsp3) is 1.00. The lowest BCUT2D eigenvalue weighted by Gasteiger charge is -2.32. The molecule has 0 aromatic rings. The summed E-state index contributed by atoms with van der Waals surface area (Å²) >= 11 is 5.61. The molecule has 176 valence electrons. The highest BCUT2D eigenvalue weighted by atomic mass is 32.5. The molecule has 0 radical (unpaired) electrons. The summed E-state index contributed by atoms with van der Waals surface area (Å²) in [5.41, 5.74) is -0.793. The second-order valence-electron chi connectivity index (χ2n) is 12.3. The van der Waals surface area contributed by atoms with Crippen LogP contribution in [0.1, 0.15) is 83.1 Å². The van der Waals surface area contributed by atoms with Crippen LogP contribution in [0.5, 0.6) is 0 Å². The smallest absolute Gasteiger partial charge is 0.308 e. The van der Waals surface area contributed by atoms with Gasteiger partial charge in [-0.25, -0.2) is 8.88 Å². The highest BCUT2D eigenvalue weighted by Gasteiger charge is 2.40. The van der Waals surface area contributed by atoms with Gasteiger partial charge in [0, 0.05) is 0 Å². The minimum Gasteiger partial charge on any atom is -0.308 e. The number of phosphoric acid groups is 1. The van der Waals surface area contributed by atoms with Gasteiger partial charge in [-0.2, -0.15) is 0 Å². The molecule has 0 N–H and O–H groups in total.